The fourth-order valence-electron chi connectivity index (χ4n) is 2.06. The summed E-state index contributed by atoms with van der Waals surface area (Å²) in [7, 11) is -4.41. The molecule has 0 aliphatic carbocycles. The molecule has 1 fully saturated rings. The van der Waals surface area contributed by atoms with Crippen molar-refractivity contribution in [2.75, 3.05) is 6.16 Å². The van der Waals surface area contributed by atoms with E-state index in [9.17, 15) is 18.5 Å². The van der Waals surface area contributed by atoms with Crippen molar-refractivity contribution in [3.05, 3.63) is 32.6 Å². The number of aromatic amines is 1. The summed E-state index contributed by atoms with van der Waals surface area (Å²) in [5.74, 6) is 0. The van der Waals surface area contributed by atoms with E-state index in [4.69, 9.17) is 14.5 Å². The fourth-order valence-corrected chi connectivity index (χ4v) is 2.84. The van der Waals surface area contributed by atoms with Gasteiger partial charge < -0.3 is 14.5 Å². The number of nitrogens with one attached hydrogen (secondary N) is 1. The molecular weight excluding hydrogens is 294 g/mol. The minimum Gasteiger partial charge on any atom is -0.351 e. The van der Waals surface area contributed by atoms with Crippen LogP contribution in [0.25, 0.3) is 0 Å². The molecule has 0 aromatic carbocycles. The summed E-state index contributed by atoms with van der Waals surface area (Å²) in [6, 6.07) is 0. The highest BCUT2D eigenvalue weighted by Crippen LogP contribution is 2.41. The lowest BCUT2D eigenvalue weighted by Crippen LogP contribution is -2.33. The van der Waals surface area contributed by atoms with E-state index in [1.807, 2.05) is 0 Å². The van der Waals surface area contributed by atoms with Crippen molar-refractivity contribution >= 4 is 7.60 Å². The topological polar surface area (TPSA) is 122 Å². The standard InChI is InChI=1S/C10H14FN2O6P/c1-5-3-13(10(15)12-9(5)14)8-2-6(11)7(19-8)4-20(16,17)18/h3,6-8H,2,4H2,1H3,(H,12,14,15)(H2,16,17,18)/t6-,7+,8+/m0/s1. The third kappa shape index (κ3) is 3.24. The van der Waals surface area contributed by atoms with Crippen molar-refractivity contribution in [2.45, 2.75) is 31.8 Å². The van der Waals surface area contributed by atoms with Crippen LogP contribution in [-0.2, 0) is 9.30 Å². The van der Waals surface area contributed by atoms with Gasteiger partial charge in [0.2, 0.25) is 0 Å². The predicted molar refractivity (Wildman–Crippen MR) is 66.4 cm³/mol. The molecule has 0 saturated carbocycles. The Morgan fingerprint density at radius 1 is 1.55 bits per heavy atom. The fraction of sp³-hybridized carbons (Fsp3) is 0.600. The Hall–Kier alpha value is -1.28. The first-order chi connectivity index (χ1) is 9.17. The zero-order chi connectivity index (χ0) is 15.1. The molecule has 3 N–H and O–H groups in total. The van der Waals surface area contributed by atoms with E-state index in [0.29, 0.717) is 0 Å². The van der Waals surface area contributed by atoms with Crippen LogP contribution in [0.1, 0.15) is 18.2 Å². The molecule has 10 heteroatoms. The second kappa shape index (κ2) is 5.25. The highest BCUT2D eigenvalue weighted by atomic mass is 31.2. The molecule has 0 spiro atoms. The van der Waals surface area contributed by atoms with Crippen LogP contribution in [0.15, 0.2) is 15.8 Å². The number of alkyl halides is 1. The summed E-state index contributed by atoms with van der Waals surface area (Å²) in [4.78, 5) is 42.6. The Balaban J connectivity index is 2.25. The van der Waals surface area contributed by atoms with Crippen LogP contribution >= 0.6 is 7.60 Å². The second-order valence-corrected chi connectivity index (χ2v) is 6.40. The normalized spacial score (nSPS) is 26.9. The molecule has 1 aliphatic rings. The van der Waals surface area contributed by atoms with Crippen molar-refractivity contribution in [1.29, 1.82) is 0 Å². The minimum atomic E-state index is -4.41. The molecule has 20 heavy (non-hydrogen) atoms. The molecular formula is C10H14FN2O6P. The number of nitrogens with zero attached hydrogens (tertiary/aromatic N) is 1. The second-order valence-electron chi connectivity index (χ2n) is 4.71. The van der Waals surface area contributed by atoms with Crippen molar-refractivity contribution in [3.8, 4) is 0 Å². The first kappa shape index (κ1) is 15.1. The summed E-state index contributed by atoms with van der Waals surface area (Å²) >= 11 is 0. The van der Waals surface area contributed by atoms with Crippen LogP contribution < -0.4 is 11.2 Å². The number of aromatic nitrogens is 2. The SMILES string of the molecule is Cc1cn([C@H]2C[C@H](F)[C@@H](CP(=O)(O)O)O2)c(=O)[nH]c1=O. The molecule has 1 aromatic rings. The minimum absolute atomic E-state index is 0.212. The Morgan fingerprint density at radius 2 is 2.20 bits per heavy atom. The first-order valence-electron chi connectivity index (χ1n) is 5.83. The van der Waals surface area contributed by atoms with E-state index in [1.165, 1.54) is 13.1 Å². The maximum atomic E-state index is 13.7. The van der Waals surface area contributed by atoms with Crippen molar-refractivity contribution in [3.63, 3.8) is 0 Å². The van der Waals surface area contributed by atoms with E-state index in [2.05, 4.69) is 4.98 Å². The van der Waals surface area contributed by atoms with Gasteiger partial charge in [-0.15, -0.1) is 0 Å². The highest BCUT2D eigenvalue weighted by molar-refractivity contribution is 7.51. The Labute approximate surface area is 112 Å². The van der Waals surface area contributed by atoms with E-state index >= 15 is 0 Å². The molecule has 0 amide bonds. The molecule has 1 aliphatic heterocycles. The van der Waals surface area contributed by atoms with Gasteiger partial charge in [0.15, 0.2) is 0 Å². The maximum Gasteiger partial charge on any atom is 0.330 e. The van der Waals surface area contributed by atoms with Crippen LogP contribution in [0.4, 0.5) is 4.39 Å². The van der Waals surface area contributed by atoms with Gasteiger partial charge in [0, 0.05) is 18.2 Å². The molecule has 3 atom stereocenters. The molecule has 2 rings (SSSR count). The molecule has 112 valence electrons. The van der Waals surface area contributed by atoms with Gasteiger partial charge in [-0.3, -0.25) is 18.9 Å². The van der Waals surface area contributed by atoms with Gasteiger partial charge in [-0.1, -0.05) is 0 Å². The van der Waals surface area contributed by atoms with Crippen molar-refractivity contribution in [1.82, 2.24) is 9.55 Å². The Bertz CT molecular complexity index is 664. The van der Waals surface area contributed by atoms with E-state index in [0.717, 1.165) is 4.57 Å². The molecule has 0 unspecified atom stereocenters. The molecule has 0 radical (unpaired) electrons. The lowest BCUT2D eigenvalue weighted by molar-refractivity contribution is -0.000978. The smallest absolute Gasteiger partial charge is 0.330 e. The summed E-state index contributed by atoms with van der Waals surface area (Å²) < 4.78 is 30.8. The number of hydrogen-bond acceptors (Lipinski definition) is 4. The third-order valence-corrected chi connectivity index (χ3v) is 3.87. The van der Waals surface area contributed by atoms with E-state index in [1.54, 1.807) is 0 Å². The number of H-pyrrole nitrogens is 1. The Kier molecular flexibility index (Phi) is 3.97. The van der Waals surface area contributed by atoms with Gasteiger partial charge in [0.25, 0.3) is 5.56 Å². The largest absolute Gasteiger partial charge is 0.351 e. The van der Waals surface area contributed by atoms with Gasteiger partial charge in [-0.25, -0.2) is 9.18 Å². The molecule has 2 heterocycles. The van der Waals surface area contributed by atoms with Crippen molar-refractivity contribution in [2.24, 2.45) is 0 Å². The summed E-state index contributed by atoms with van der Waals surface area (Å²) in [6.07, 6.45) is -3.59. The monoisotopic (exact) mass is 308 g/mol. The predicted octanol–water partition coefficient (Wildman–Crippen LogP) is -0.352. The average Bonchev–Trinajstić information content (AvgIpc) is 2.63. The maximum absolute atomic E-state index is 13.7. The lowest BCUT2D eigenvalue weighted by Gasteiger charge is -2.16. The zero-order valence-corrected chi connectivity index (χ0v) is 11.4. The average molecular weight is 308 g/mol. The molecule has 0 bridgehead atoms. The summed E-state index contributed by atoms with van der Waals surface area (Å²) in [6.45, 7) is 1.48. The van der Waals surface area contributed by atoms with Gasteiger partial charge in [-0.2, -0.15) is 0 Å². The molecule has 8 nitrogen and oxygen atoms in total. The van der Waals surface area contributed by atoms with Crippen LogP contribution in [0.2, 0.25) is 0 Å². The van der Waals surface area contributed by atoms with Gasteiger partial charge in [-0.05, 0) is 6.92 Å². The van der Waals surface area contributed by atoms with Crippen molar-refractivity contribution < 1.29 is 23.5 Å². The van der Waals surface area contributed by atoms with Gasteiger partial charge >= 0.3 is 13.3 Å². The van der Waals surface area contributed by atoms with Crippen LogP contribution in [0, 0.1) is 6.92 Å². The van der Waals surface area contributed by atoms with Crippen LogP contribution in [0.3, 0.4) is 0 Å². The number of halogens is 1. The number of hydrogen-bond donors (Lipinski definition) is 3. The third-order valence-electron chi connectivity index (χ3n) is 3.04. The van der Waals surface area contributed by atoms with Crippen LogP contribution in [0.5, 0.6) is 0 Å². The summed E-state index contributed by atoms with van der Waals surface area (Å²) in [5, 5.41) is 0. The lowest BCUT2D eigenvalue weighted by atomic mass is 10.2. The molecule has 1 saturated heterocycles. The number of aryl methyl sites for hydroxylation is 1. The first-order valence-corrected chi connectivity index (χ1v) is 7.63. The molecule has 1 aromatic heterocycles. The zero-order valence-electron chi connectivity index (χ0n) is 10.5. The van der Waals surface area contributed by atoms with E-state index in [-0.39, 0.29) is 12.0 Å². The van der Waals surface area contributed by atoms with Gasteiger partial charge in [0.1, 0.15) is 18.5 Å². The quantitative estimate of drug-likeness (QED) is 0.656. The van der Waals surface area contributed by atoms with Crippen LogP contribution in [-0.4, -0.2) is 37.8 Å². The highest BCUT2D eigenvalue weighted by Gasteiger charge is 2.40. The number of rotatable bonds is 3. The Morgan fingerprint density at radius 3 is 2.80 bits per heavy atom. The summed E-state index contributed by atoms with van der Waals surface area (Å²) in [5.41, 5.74) is -1.05. The number of ether oxygens (including phenoxy) is 1. The van der Waals surface area contributed by atoms with E-state index < -0.39 is 43.5 Å². The van der Waals surface area contributed by atoms with Gasteiger partial charge in [0.05, 0.1) is 6.16 Å².